The summed E-state index contributed by atoms with van der Waals surface area (Å²) in [6.07, 6.45) is 6.84. The third-order valence-corrected chi connectivity index (χ3v) is 9.52. The minimum absolute atomic E-state index is 0.0125. The first-order valence-corrected chi connectivity index (χ1v) is 17.3. The fourth-order valence-electron chi connectivity index (χ4n) is 6.77. The molecule has 9 nitrogen and oxygen atoms in total. The van der Waals surface area contributed by atoms with Crippen molar-refractivity contribution in [2.24, 2.45) is 11.3 Å². The van der Waals surface area contributed by atoms with Crippen LogP contribution in [0.1, 0.15) is 93.1 Å². The van der Waals surface area contributed by atoms with Crippen molar-refractivity contribution < 1.29 is 19.2 Å². The first-order chi connectivity index (χ1) is 21.6. The van der Waals surface area contributed by atoms with Crippen LogP contribution in [0, 0.1) is 11.3 Å². The summed E-state index contributed by atoms with van der Waals surface area (Å²) in [5.74, 6) is -0.572. The number of likely N-dealkylation sites (N-methyl/N-ethyl adjacent to an activating group) is 1. The van der Waals surface area contributed by atoms with E-state index in [-0.39, 0.29) is 47.7 Å². The highest BCUT2D eigenvalue weighted by atomic mass is 16.2. The molecule has 1 aromatic rings. The van der Waals surface area contributed by atoms with E-state index in [9.17, 15) is 19.2 Å². The van der Waals surface area contributed by atoms with Crippen molar-refractivity contribution in [1.29, 1.82) is 0 Å². The van der Waals surface area contributed by atoms with Gasteiger partial charge in [0.15, 0.2) is 0 Å². The number of carbonyl (C=O) groups excluding carboxylic acids is 4. The lowest BCUT2D eigenvalue weighted by molar-refractivity contribution is -0.142. The van der Waals surface area contributed by atoms with E-state index in [1.807, 2.05) is 71.0 Å². The summed E-state index contributed by atoms with van der Waals surface area (Å²) in [5, 5.41) is 6.16. The maximum atomic E-state index is 14.1. The van der Waals surface area contributed by atoms with Crippen LogP contribution in [-0.2, 0) is 25.6 Å². The third-order valence-electron chi connectivity index (χ3n) is 9.52. The molecule has 0 radical (unpaired) electrons. The molecule has 46 heavy (non-hydrogen) atoms. The highest BCUT2D eigenvalue weighted by Crippen LogP contribution is 2.27. The monoisotopic (exact) mass is 637 g/mol. The molecule has 0 aliphatic carbocycles. The van der Waals surface area contributed by atoms with Crippen LogP contribution in [0.2, 0.25) is 0 Å². The van der Waals surface area contributed by atoms with E-state index in [4.69, 9.17) is 0 Å². The van der Waals surface area contributed by atoms with Gasteiger partial charge >= 0.3 is 0 Å². The minimum Gasteiger partial charge on any atom is -0.354 e. The molecule has 256 valence electrons. The maximum absolute atomic E-state index is 14.1. The highest BCUT2D eigenvalue weighted by Gasteiger charge is 2.40. The van der Waals surface area contributed by atoms with Crippen molar-refractivity contribution >= 4 is 23.6 Å². The molecule has 0 spiro atoms. The van der Waals surface area contributed by atoms with E-state index in [0.29, 0.717) is 25.1 Å². The van der Waals surface area contributed by atoms with Gasteiger partial charge in [-0.15, -0.1) is 0 Å². The summed E-state index contributed by atoms with van der Waals surface area (Å²) in [6.45, 7) is 17.9. The first-order valence-electron chi connectivity index (χ1n) is 17.3. The van der Waals surface area contributed by atoms with Crippen molar-refractivity contribution in [2.45, 2.75) is 124 Å². The maximum Gasteiger partial charge on any atom is 0.249 e. The van der Waals surface area contributed by atoms with Crippen molar-refractivity contribution in [3.05, 3.63) is 47.5 Å². The molecule has 2 fully saturated rings. The number of rotatable bonds is 12. The number of carbonyl (C=O) groups is 4. The zero-order chi connectivity index (χ0) is 34.2. The fourth-order valence-corrected chi connectivity index (χ4v) is 6.77. The molecule has 1 aromatic carbocycles. The molecular weight excluding hydrogens is 578 g/mol. The van der Waals surface area contributed by atoms with Gasteiger partial charge in [-0.2, -0.15) is 0 Å². The van der Waals surface area contributed by atoms with E-state index in [0.717, 1.165) is 44.2 Å². The zero-order valence-corrected chi connectivity index (χ0v) is 29.8. The SMILES string of the molecule is CC(=C[C@H](C(C)C)N(C)C(=O)[C@@H](NC(=O)[C@H]1CCCCN1C(C)C)C(C)(C)C)C(=O)N1CCC[C@H]1C(=O)NCCc1ccccc1. The molecule has 0 bridgehead atoms. The van der Waals surface area contributed by atoms with Crippen LogP contribution in [0.3, 0.4) is 0 Å². The molecule has 2 saturated heterocycles. The minimum atomic E-state index is -0.728. The summed E-state index contributed by atoms with van der Waals surface area (Å²) in [4.78, 5) is 60.2. The second-order valence-electron chi connectivity index (χ2n) is 14.9. The van der Waals surface area contributed by atoms with Crippen LogP contribution in [0.4, 0.5) is 0 Å². The average molecular weight is 638 g/mol. The zero-order valence-electron chi connectivity index (χ0n) is 29.8. The van der Waals surface area contributed by atoms with Gasteiger partial charge in [0.2, 0.25) is 23.6 Å². The summed E-state index contributed by atoms with van der Waals surface area (Å²) in [5.41, 5.74) is 1.14. The Kier molecular flexibility index (Phi) is 13.4. The molecule has 9 heteroatoms. The third kappa shape index (κ3) is 9.66. The summed E-state index contributed by atoms with van der Waals surface area (Å²) in [6, 6.07) is 8.39. The van der Waals surface area contributed by atoms with Gasteiger partial charge in [-0.3, -0.25) is 24.1 Å². The van der Waals surface area contributed by atoms with Crippen LogP contribution in [-0.4, -0.2) is 95.2 Å². The summed E-state index contributed by atoms with van der Waals surface area (Å²) < 4.78 is 0. The van der Waals surface area contributed by atoms with Gasteiger partial charge in [0.25, 0.3) is 0 Å². The van der Waals surface area contributed by atoms with Crippen molar-refractivity contribution in [1.82, 2.24) is 25.3 Å². The molecule has 2 aliphatic rings. The van der Waals surface area contributed by atoms with E-state index in [1.165, 1.54) is 0 Å². The fraction of sp³-hybridized carbons (Fsp3) is 0.676. The highest BCUT2D eigenvalue weighted by molar-refractivity contribution is 5.97. The Hall–Kier alpha value is -3.20. The smallest absolute Gasteiger partial charge is 0.249 e. The predicted octanol–water partition coefficient (Wildman–Crippen LogP) is 4.56. The van der Waals surface area contributed by atoms with Gasteiger partial charge in [-0.05, 0) is 76.3 Å². The van der Waals surface area contributed by atoms with Gasteiger partial charge in [0, 0.05) is 31.8 Å². The Balaban J connectivity index is 1.72. The number of benzene rings is 1. The number of piperidine rings is 1. The molecular formula is C37H59N5O4. The molecule has 2 heterocycles. The Bertz CT molecular complexity index is 1220. The van der Waals surface area contributed by atoms with Crippen LogP contribution in [0.15, 0.2) is 42.0 Å². The number of hydrogen-bond acceptors (Lipinski definition) is 5. The second kappa shape index (κ2) is 16.6. The largest absolute Gasteiger partial charge is 0.354 e. The van der Waals surface area contributed by atoms with Gasteiger partial charge in [0.1, 0.15) is 12.1 Å². The van der Waals surface area contributed by atoms with Gasteiger partial charge in [0.05, 0.1) is 12.1 Å². The molecule has 2 aliphatic heterocycles. The number of nitrogens with one attached hydrogen (secondary N) is 2. The van der Waals surface area contributed by atoms with Gasteiger partial charge < -0.3 is 20.4 Å². The van der Waals surface area contributed by atoms with E-state index < -0.39 is 17.5 Å². The Morgan fingerprint density at radius 1 is 0.935 bits per heavy atom. The predicted molar refractivity (Wildman–Crippen MR) is 184 cm³/mol. The number of hydrogen-bond donors (Lipinski definition) is 2. The van der Waals surface area contributed by atoms with E-state index in [1.54, 1.807) is 23.8 Å². The average Bonchev–Trinajstić information content (AvgIpc) is 3.51. The lowest BCUT2D eigenvalue weighted by Gasteiger charge is -2.41. The summed E-state index contributed by atoms with van der Waals surface area (Å²) in [7, 11) is 1.76. The Morgan fingerprint density at radius 3 is 2.20 bits per heavy atom. The normalized spacial score (nSPS) is 20.8. The quantitative estimate of drug-likeness (QED) is 0.328. The number of likely N-dealkylation sites (tertiary alicyclic amines) is 2. The molecule has 0 unspecified atom stereocenters. The Morgan fingerprint density at radius 2 is 1.59 bits per heavy atom. The van der Waals surface area contributed by atoms with Crippen molar-refractivity contribution in [2.75, 3.05) is 26.7 Å². The van der Waals surface area contributed by atoms with E-state index in [2.05, 4.69) is 29.4 Å². The lowest BCUT2D eigenvalue weighted by Crippen LogP contribution is -2.60. The number of amides is 4. The summed E-state index contributed by atoms with van der Waals surface area (Å²) >= 11 is 0. The standard InChI is InChI=1S/C37H59N5O4/c1-25(2)31(40(9)36(46)32(37(6,7)8)39-34(44)30-18-13-14-22-41(30)26(3)4)24-27(5)35(45)42-23-15-19-29(42)33(43)38-21-20-28-16-11-10-12-17-28/h10-12,16-17,24-26,29-32H,13-15,18-23H2,1-9H3,(H,38,43)(H,39,44)/t29-,30+,31+,32+/m0/s1. The van der Waals surface area contributed by atoms with Gasteiger partial charge in [-0.1, -0.05) is 77.4 Å². The molecule has 3 rings (SSSR count). The van der Waals surface area contributed by atoms with Crippen LogP contribution >= 0.6 is 0 Å². The van der Waals surface area contributed by atoms with Crippen molar-refractivity contribution in [3.63, 3.8) is 0 Å². The van der Waals surface area contributed by atoms with Crippen LogP contribution in [0.5, 0.6) is 0 Å². The van der Waals surface area contributed by atoms with E-state index >= 15 is 0 Å². The Labute approximate surface area is 277 Å². The first kappa shape index (κ1) is 37.3. The molecule has 0 aromatic heterocycles. The van der Waals surface area contributed by atoms with Crippen molar-refractivity contribution in [3.8, 4) is 0 Å². The topological polar surface area (TPSA) is 102 Å². The molecule has 4 amide bonds. The van der Waals surface area contributed by atoms with Crippen LogP contribution < -0.4 is 10.6 Å². The van der Waals surface area contributed by atoms with Gasteiger partial charge in [-0.25, -0.2) is 0 Å². The number of nitrogens with zero attached hydrogens (tertiary/aromatic N) is 3. The lowest BCUT2D eigenvalue weighted by atomic mass is 9.84. The van der Waals surface area contributed by atoms with Crippen LogP contribution in [0.25, 0.3) is 0 Å². The second-order valence-corrected chi connectivity index (χ2v) is 14.9. The molecule has 2 N–H and O–H groups in total. The molecule has 0 saturated carbocycles. The molecule has 4 atom stereocenters.